The van der Waals surface area contributed by atoms with Gasteiger partial charge in [0, 0.05) is 23.0 Å². The Bertz CT molecular complexity index is 947. The van der Waals surface area contributed by atoms with Crippen molar-refractivity contribution in [3.05, 3.63) is 83.6 Å². The van der Waals surface area contributed by atoms with Crippen LogP contribution < -0.4 is 5.32 Å². The average Bonchev–Trinajstić information content (AvgIpc) is 2.74. The van der Waals surface area contributed by atoms with Crippen molar-refractivity contribution in [1.82, 2.24) is 4.98 Å². The Morgan fingerprint density at radius 1 is 0.929 bits per heavy atom. The number of methoxy groups -OCH3 is 1. The summed E-state index contributed by atoms with van der Waals surface area (Å²) in [5.41, 5.74) is 4.65. The van der Waals surface area contributed by atoms with Gasteiger partial charge < -0.3 is 10.1 Å². The van der Waals surface area contributed by atoms with E-state index in [-0.39, 0.29) is 5.91 Å². The molecule has 0 aliphatic carbocycles. The summed E-state index contributed by atoms with van der Waals surface area (Å²) < 4.78 is 4.66. The highest BCUT2D eigenvalue weighted by molar-refractivity contribution is 6.04. The number of amides is 1. The summed E-state index contributed by atoms with van der Waals surface area (Å²) in [7, 11) is 1.33. The molecule has 0 saturated carbocycles. The van der Waals surface area contributed by atoms with E-state index in [0.717, 1.165) is 24.1 Å². The summed E-state index contributed by atoms with van der Waals surface area (Å²) in [5.74, 6) is -0.631. The summed E-state index contributed by atoms with van der Waals surface area (Å²) in [5, 5.41) is 2.82. The highest BCUT2D eigenvalue weighted by Crippen LogP contribution is 2.19. The van der Waals surface area contributed by atoms with Crippen LogP contribution in [0.15, 0.2) is 66.9 Å². The summed E-state index contributed by atoms with van der Waals surface area (Å²) in [6.07, 6.45) is 4.01. The van der Waals surface area contributed by atoms with Gasteiger partial charge in [0.25, 0.3) is 5.91 Å². The molecule has 0 fully saturated rings. The fourth-order valence-electron chi connectivity index (χ4n) is 2.83. The van der Waals surface area contributed by atoms with Crippen molar-refractivity contribution in [3.8, 4) is 11.3 Å². The predicted molar refractivity (Wildman–Crippen MR) is 109 cm³/mol. The van der Waals surface area contributed by atoms with Gasteiger partial charge in [0.15, 0.2) is 0 Å². The number of aromatic nitrogens is 1. The largest absolute Gasteiger partial charge is 0.465 e. The smallest absolute Gasteiger partial charge is 0.337 e. The summed E-state index contributed by atoms with van der Waals surface area (Å²) >= 11 is 0. The molecular formula is C23H22N2O3. The molecule has 5 nitrogen and oxygen atoms in total. The number of esters is 1. The Balaban J connectivity index is 1.67. The number of pyridine rings is 1. The second kappa shape index (κ2) is 8.95. The number of ether oxygens (including phenoxy) is 1. The average molecular weight is 374 g/mol. The van der Waals surface area contributed by atoms with Crippen molar-refractivity contribution in [1.29, 1.82) is 0 Å². The molecule has 3 aromatic rings. The molecule has 0 radical (unpaired) electrons. The van der Waals surface area contributed by atoms with Gasteiger partial charge in [0.1, 0.15) is 0 Å². The SMILES string of the molecule is CCCc1ccc(-c2ccc(C(=O)Nc3ccc(C(=O)OC)cc3)cc2)nc1. The molecule has 1 heterocycles. The lowest BCUT2D eigenvalue weighted by atomic mass is 10.1. The van der Waals surface area contributed by atoms with Crippen LogP contribution in [-0.2, 0) is 11.2 Å². The van der Waals surface area contributed by atoms with E-state index in [9.17, 15) is 9.59 Å². The maximum absolute atomic E-state index is 12.4. The first kappa shape index (κ1) is 19.3. The highest BCUT2D eigenvalue weighted by atomic mass is 16.5. The van der Waals surface area contributed by atoms with Gasteiger partial charge in [0.05, 0.1) is 18.4 Å². The van der Waals surface area contributed by atoms with E-state index in [0.29, 0.717) is 16.8 Å². The maximum atomic E-state index is 12.4. The van der Waals surface area contributed by atoms with Crippen molar-refractivity contribution >= 4 is 17.6 Å². The van der Waals surface area contributed by atoms with E-state index in [1.165, 1.54) is 12.7 Å². The Labute approximate surface area is 164 Å². The molecule has 0 aliphatic heterocycles. The first-order chi connectivity index (χ1) is 13.6. The van der Waals surface area contributed by atoms with E-state index in [2.05, 4.69) is 28.0 Å². The summed E-state index contributed by atoms with van der Waals surface area (Å²) in [6, 6.07) is 18.0. The van der Waals surface area contributed by atoms with Gasteiger partial charge in [-0.3, -0.25) is 9.78 Å². The predicted octanol–water partition coefficient (Wildman–Crippen LogP) is 4.74. The molecule has 1 N–H and O–H groups in total. The summed E-state index contributed by atoms with van der Waals surface area (Å²) in [6.45, 7) is 2.14. The Hall–Kier alpha value is -3.47. The third-order valence-corrected chi connectivity index (χ3v) is 4.37. The maximum Gasteiger partial charge on any atom is 0.337 e. The molecule has 1 aromatic heterocycles. The molecular weight excluding hydrogens is 352 g/mol. The molecule has 28 heavy (non-hydrogen) atoms. The van der Waals surface area contributed by atoms with Crippen molar-refractivity contribution in [2.75, 3.05) is 12.4 Å². The van der Waals surface area contributed by atoms with Gasteiger partial charge >= 0.3 is 5.97 Å². The second-order valence-electron chi connectivity index (χ2n) is 6.40. The number of benzene rings is 2. The van der Waals surface area contributed by atoms with Crippen LogP contribution in [0.3, 0.4) is 0 Å². The molecule has 0 saturated heterocycles. The normalized spacial score (nSPS) is 10.4. The molecule has 0 spiro atoms. The molecule has 0 bridgehead atoms. The van der Waals surface area contributed by atoms with Crippen LogP contribution in [0.1, 0.15) is 39.6 Å². The van der Waals surface area contributed by atoms with Crippen LogP contribution in [0.25, 0.3) is 11.3 Å². The first-order valence-electron chi connectivity index (χ1n) is 9.16. The molecule has 5 heteroatoms. The van der Waals surface area contributed by atoms with Gasteiger partial charge in [-0.25, -0.2) is 4.79 Å². The number of hydrogen-bond acceptors (Lipinski definition) is 4. The standard InChI is InChI=1S/C23H22N2O3/c1-3-4-16-5-14-21(24-15-16)17-6-8-18(9-7-17)22(26)25-20-12-10-19(11-13-20)23(27)28-2/h5-15H,3-4H2,1-2H3,(H,25,26). The van der Waals surface area contributed by atoms with Crippen LogP contribution in [0.2, 0.25) is 0 Å². The van der Waals surface area contributed by atoms with Gasteiger partial charge in [-0.2, -0.15) is 0 Å². The minimum Gasteiger partial charge on any atom is -0.465 e. The van der Waals surface area contributed by atoms with Crippen LogP contribution in [0.5, 0.6) is 0 Å². The molecule has 1 amide bonds. The zero-order valence-electron chi connectivity index (χ0n) is 15.9. The number of nitrogens with one attached hydrogen (secondary N) is 1. The highest BCUT2D eigenvalue weighted by Gasteiger charge is 2.09. The minimum atomic E-state index is -0.412. The zero-order valence-corrected chi connectivity index (χ0v) is 15.9. The summed E-state index contributed by atoms with van der Waals surface area (Å²) in [4.78, 5) is 28.4. The Morgan fingerprint density at radius 2 is 1.61 bits per heavy atom. The van der Waals surface area contributed by atoms with Crippen LogP contribution in [0, 0.1) is 0 Å². The van der Waals surface area contributed by atoms with Gasteiger partial charge in [-0.15, -0.1) is 0 Å². The van der Waals surface area contributed by atoms with Crippen molar-refractivity contribution in [2.45, 2.75) is 19.8 Å². The number of carbonyl (C=O) groups excluding carboxylic acids is 2. The number of nitrogens with zero attached hydrogens (tertiary/aromatic N) is 1. The van der Waals surface area contributed by atoms with E-state index >= 15 is 0 Å². The minimum absolute atomic E-state index is 0.219. The molecule has 2 aromatic carbocycles. The lowest BCUT2D eigenvalue weighted by Gasteiger charge is -2.07. The second-order valence-corrected chi connectivity index (χ2v) is 6.40. The Morgan fingerprint density at radius 3 is 2.18 bits per heavy atom. The molecule has 0 aliphatic rings. The number of carbonyl (C=O) groups is 2. The molecule has 3 rings (SSSR count). The first-order valence-corrected chi connectivity index (χ1v) is 9.16. The third-order valence-electron chi connectivity index (χ3n) is 4.37. The van der Waals surface area contributed by atoms with Gasteiger partial charge in [-0.1, -0.05) is 31.5 Å². The fourth-order valence-corrected chi connectivity index (χ4v) is 2.83. The van der Waals surface area contributed by atoms with Crippen molar-refractivity contribution < 1.29 is 14.3 Å². The lowest BCUT2D eigenvalue weighted by Crippen LogP contribution is -2.12. The number of aryl methyl sites for hydroxylation is 1. The third kappa shape index (κ3) is 4.62. The fraction of sp³-hybridized carbons (Fsp3) is 0.174. The van der Waals surface area contributed by atoms with E-state index in [1.807, 2.05) is 24.4 Å². The zero-order chi connectivity index (χ0) is 19.9. The van der Waals surface area contributed by atoms with Crippen molar-refractivity contribution in [2.24, 2.45) is 0 Å². The quantitative estimate of drug-likeness (QED) is 0.633. The lowest BCUT2D eigenvalue weighted by molar-refractivity contribution is 0.0600. The topological polar surface area (TPSA) is 68.3 Å². The molecule has 0 unspecified atom stereocenters. The van der Waals surface area contributed by atoms with Crippen LogP contribution in [-0.4, -0.2) is 24.0 Å². The monoisotopic (exact) mass is 374 g/mol. The van der Waals surface area contributed by atoms with Gasteiger partial charge in [0.2, 0.25) is 0 Å². The molecule has 0 atom stereocenters. The van der Waals surface area contributed by atoms with E-state index in [4.69, 9.17) is 0 Å². The van der Waals surface area contributed by atoms with Crippen LogP contribution in [0.4, 0.5) is 5.69 Å². The number of hydrogen-bond donors (Lipinski definition) is 1. The number of anilines is 1. The van der Waals surface area contributed by atoms with Crippen molar-refractivity contribution in [3.63, 3.8) is 0 Å². The molecule has 142 valence electrons. The van der Waals surface area contributed by atoms with Crippen LogP contribution >= 0.6 is 0 Å². The van der Waals surface area contributed by atoms with E-state index in [1.54, 1.807) is 36.4 Å². The van der Waals surface area contributed by atoms with E-state index < -0.39 is 5.97 Å². The number of rotatable bonds is 6. The Kier molecular flexibility index (Phi) is 6.17. The van der Waals surface area contributed by atoms with Gasteiger partial charge in [-0.05, 0) is 54.4 Å².